The number of aliphatic hydroxyl groups excluding tert-OH is 2. The van der Waals surface area contributed by atoms with Crippen molar-refractivity contribution in [1.29, 1.82) is 0 Å². The maximum atomic E-state index is 10.6. The number of fused-ring (bicyclic) bond motifs is 1. The third-order valence-corrected chi connectivity index (χ3v) is 8.40. The normalized spacial score (nSPS) is 26.7. The van der Waals surface area contributed by atoms with Gasteiger partial charge in [0.25, 0.3) is 0 Å². The van der Waals surface area contributed by atoms with E-state index in [1.54, 1.807) is 5.57 Å². The van der Waals surface area contributed by atoms with Gasteiger partial charge in [-0.2, -0.15) is 11.8 Å². The van der Waals surface area contributed by atoms with Crippen LogP contribution in [-0.2, 0) is 6.42 Å². The van der Waals surface area contributed by atoms with E-state index >= 15 is 0 Å². The van der Waals surface area contributed by atoms with Gasteiger partial charge >= 0.3 is 0 Å². The maximum absolute atomic E-state index is 10.6. The largest absolute Gasteiger partial charge is 0.392 e. The first-order chi connectivity index (χ1) is 15.1. The zero-order valence-electron chi connectivity index (χ0n) is 20.6. The molecule has 2 N–H and O–H groups in total. The van der Waals surface area contributed by atoms with E-state index in [-0.39, 0.29) is 17.6 Å². The highest BCUT2D eigenvalue weighted by molar-refractivity contribution is 7.99. The SMILES string of the molecule is Cc1cccc(C[C@H](O)/C=C/[C@@H]2[C@H]3CC(CSCCCN(C)C(C)(C)C)=C[C@H]3C[C@H]2O)c1. The quantitative estimate of drug-likeness (QED) is 0.372. The minimum Gasteiger partial charge on any atom is -0.392 e. The molecule has 32 heavy (non-hydrogen) atoms. The smallest absolute Gasteiger partial charge is 0.0761 e. The van der Waals surface area contributed by atoms with Crippen molar-refractivity contribution < 1.29 is 10.2 Å². The standard InChI is InChI=1S/C28H43NO2S/c1-20-8-6-9-21(14-20)16-24(30)10-11-25-26-17-22(15-23(26)18-27(25)31)19-32-13-7-12-29(5)28(2,3)4/h6,8-11,14-15,23-27,30-31H,7,12-13,16-19H2,1-5H3/b11-10+/t23-,24+,25+,26-,27+/m0/s1. The lowest BCUT2D eigenvalue weighted by Crippen LogP contribution is -2.38. The lowest BCUT2D eigenvalue weighted by atomic mass is 9.89. The lowest BCUT2D eigenvalue weighted by Gasteiger charge is -2.31. The zero-order chi connectivity index (χ0) is 23.3. The summed E-state index contributed by atoms with van der Waals surface area (Å²) in [6.07, 6.45) is 9.47. The van der Waals surface area contributed by atoms with Crippen LogP contribution in [-0.4, -0.2) is 58.0 Å². The number of allylic oxidation sites excluding steroid dienone is 1. The van der Waals surface area contributed by atoms with Gasteiger partial charge in [-0.25, -0.2) is 0 Å². The number of aryl methyl sites for hydroxylation is 1. The highest BCUT2D eigenvalue weighted by atomic mass is 32.2. The Morgan fingerprint density at radius 2 is 2.06 bits per heavy atom. The van der Waals surface area contributed by atoms with Crippen molar-refractivity contribution in [3.63, 3.8) is 0 Å². The monoisotopic (exact) mass is 457 g/mol. The predicted molar refractivity (Wildman–Crippen MR) is 138 cm³/mol. The Morgan fingerprint density at radius 1 is 1.28 bits per heavy atom. The van der Waals surface area contributed by atoms with E-state index in [9.17, 15) is 10.2 Å². The van der Waals surface area contributed by atoms with Crippen molar-refractivity contribution in [3.05, 3.63) is 59.2 Å². The fourth-order valence-corrected chi connectivity index (χ4v) is 6.01. The average molecular weight is 458 g/mol. The first kappa shape index (κ1) is 25.6. The van der Waals surface area contributed by atoms with Crippen LogP contribution >= 0.6 is 11.8 Å². The molecule has 0 amide bonds. The van der Waals surface area contributed by atoms with Crippen molar-refractivity contribution in [2.75, 3.05) is 25.1 Å². The Hall–Kier alpha value is -1.07. The number of hydrogen-bond acceptors (Lipinski definition) is 4. The Balaban J connectivity index is 1.43. The Labute approximate surface area is 200 Å². The fraction of sp³-hybridized carbons (Fsp3) is 0.643. The van der Waals surface area contributed by atoms with Gasteiger partial charge in [-0.3, -0.25) is 0 Å². The molecule has 2 aliphatic rings. The van der Waals surface area contributed by atoms with Crippen LogP contribution in [0.1, 0.15) is 51.2 Å². The third-order valence-electron chi connectivity index (χ3n) is 7.25. The van der Waals surface area contributed by atoms with Gasteiger partial charge in [0.05, 0.1) is 12.2 Å². The van der Waals surface area contributed by atoms with Crippen LogP contribution in [0, 0.1) is 24.7 Å². The van der Waals surface area contributed by atoms with E-state index in [1.807, 2.05) is 23.9 Å². The summed E-state index contributed by atoms with van der Waals surface area (Å²) >= 11 is 2.05. The first-order valence-electron chi connectivity index (χ1n) is 12.2. The van der Waals surface area contributed by atoms with Crippen LogP contribution in [0.15, 0.2) is 48.1 Å². The van der Waals surface area contributed by atoms with Crippen LogP contribution in [0.4, 0.5) is 0 Å². The summed E-state index contributed by atoms with van der Waals surface area (Å²) in [5.74, 6) is 3.47. The summed E-state index contributed by atoms with van der Waals surface area (Å²) in [5, 5.41) is 21.1. The molecule has 0 spiro atoms. The Morgan fingerprint density at radius 3 is 2.78 bits per heavy atom. The van der Waals surface area contributed by atoms with Gasteiger partial charge in [-0.05, 0) is 83.7 Å². The number of rotatable bonds is 10. The molecule has 1 fully saturated rings. The highest BCUT2D eigenvalue weighted by Gasteiger charge is 2.43. The minimum absolute atomic E-state index is 0.159. The molecule has 0 unspecified atom stereocenters. The number of benzene rings is 1. The molecule has 4 heteroatoms. The van der Waals surface area contributed by atoms with Crippen LogP contribution in [0.25, 0.3) is 0 Å². The second-order valence-electron chi connectivity index (χ2n) is 10.9. The van der Waals surface area contributed by atoms with E-state index in [0.717, 1.165) is 30.7 Å². The summed E-state index contributed by atoms with van der Waals surface area (Å²) < 4.78 is 0. The first-order valence-corrected chi connectivity index (χ1v) is 13.4. The van der Waals surface area contributed by atoms with Crippen LogP contribution in [0.5, 0.6) is 0 Å². The molecular weight excluding hydrogens is 414 g/mol. The summed E-state index contributed by atoms with van der Waals surface area (Å²) in [6.45, 7) is 10.0. The lowest BCUT2D eigenvalue weighted by molar-refractivity contribution is 0.140. The summed E-state index contributed by atoms with van der Waals surface area (Å²) in [6, 6.07) is 8.31. The van der Waals surface area contributed by atoms with E-state index in [2.05, 4.69) is 70.0 Å². The number of hydrogen-bond donors (Lipinski definition) is 2. The van der Waals surface area contributed by atoms with Gasteiger partial charge < -0.3 is 15.1 Å². The van der Waals surface area contributed by atoms with Gasteiger partial charge in [0.15, 0.2) is 0 Å². The van der Waals surface area contributed by atoms with Crippen molar-refractivity contribution in [2.24, 2.45) is 17.8 Å². The molecule has 1 aromatic rings. The average Bonchev–Trinajstić information content (AvgIpc) is 3.21. The highest BCUT2D eigenvalue weighted by Crippen LogP contribution is 2.47. The molecule has 178 valence electrons. The Bertz CT molecular complexity index is 797. The molecule has 2 aliphatic carbocycles. The third kappa shape index (κ3) is 7.21. The van der Waals surface area contributed by atoms with Crippen LogP contribution in [0.2, 0.25) is 0 Å². The van der Waals surface area contributed by atoms with Gasteiger partial charge in [-0.1, -0.05) is 53.6 Å². The molecule has 3 nitrogen and oxygen atoms in total. The summed E-state index contributed by atoms with van der Waals surface area (Å²) in [7, 11) is 2.21. The van der Waals surface area contributed by atoms with Gasteiger partial charge in [-0.15, -0.1) is 0 Å². The summed E-state index contributed by atoms with van der Waals surface area (Å²) in [4.78, 5) is 2.43. The second kappa shape index (κ2) is 11.4. The van der Waals surface area contributed by atoms with Gasteiger partial charge in [0, 0.05) is 23.6 Å². The molecule has 0 heterocycles. The van der Waals surface area contributed by atoms with E-state index < -0.39 is 6.10 Å². The molecule has 0 aromatic heterocycles. The number of thioether (sulfide) groups is 1. The molecular formula is C28H43NO2S. The predicted octanol–water partition coefficient (Wildman–Crippen LogP) is 5.25. The van der Waals surface area contributed by atoms with Crippen LogP contribution < -0.4 is 0 Å². The number of nitrogens with zero attached hydrogens (tertiary/aromatic N) is 1. The van der Waals surface area contributed by atoms with Gasteiger partial charge in [0.1, 0.15) is 0 Å². The maximum Gasteiger partial charge on any atom is 0.0761 e. The minimum atomic E-state index is -0.501. The molecule has 0 radical (unpaired) electrons. The molecule has 1 saturated carbocycles. The van der Waals surface area contributed by atoms with E-state index in [1.165, 1.54) is 17.7 Å². The Kier molecular flexibility index (Phi) is 9.08. The number of aliphatic hydroxyl groups is 2. The van der Waals surface area contributed by atoms with E-state index in [4.69, 9.17) is 0 Å². The van der Waals surface area contributed by atoms with Gasteiger partial charge in [0.2, 0.25) is 0 Å². The van der Waals surface area contributed by atoms with Crippen molar-refractivity contribution >= 4 is 11.8 Å². The van der Waals surface area contributed by atoms with Crippen molar-refractivity contribution in [1.82, 2.24) is 4.90 Å². The molecule has 5 atom stereocenters. The van der Waals surface area contributed by atoms with Crippen molar-refractivity contribution in [2.45, 2.75) is 71.1 Å². The molecule has 0 saturated heterocycles. The van der Waals surface area contributed by atoms with Crippen LogP contribution in [0.3, 0.4) is 0 Å². The second-order valence-corrected chi connectivity index (χ2v) is 12.0. The molecule has 0 bridgehead atoms. The van der Waals surface area contributed by atoms with Crippen molar-refractivity contribution in [3.8, 4) is 0 Å². The molecule has 3 rings (SSSR count). The summed E-state index contributed by atoms with van der Waals surface area (Å²) in [5.41, 5.74) is 4.17. The fourth-order valence-electron chi connectivity index (χ4n) is 5.06. The topological polar surface area (TPSA) is 43.7 Å². The molecule has 1 aromatic carbocycles. The van der Waals surface area contributed by atoms with E-state index in [0.29, 0.717) is 18.3 Å². The molecule has 0 aliphatic heterocycles. The zero-order valence-corrected chi connectivity index (χ0v) is 21.4.